The molecule has 34 heavy (non-hydrogen) atoms. The van der Waals surface area contributed by atoms with E-state index < -0.39 is 34.4 Å². The van der Waals surface area contributed by atoms with Gasteiger partial charge in [-0.2, -0.15) is 0 Å². The van der Waals surface area contributed by atoms with Gasteiger partial charge in [0.1, 0.15) is 12.6 Å². The standard InChI is InChI=1S/C22H25Cl4N3O4S/c1-13(2)27-22(31)14(3)28(11-16-17(24)6-5-7-18(16)25)21(30)12-29(34(4,32)33)20-9-8-15(23)10-19(20)26/h5-10,13-14H,11-12H2,1-4H3,(H,27,31)/t14-/m0/s1. The fourth-order valence-corrected chi connectivity index (χ4v) is 5.06. The second-order valence-electron chi connectivity index (χ2n) is 7.93. The highest BCUT2D eigenvalue weighted by molar-refractivity contribution is 7.92. The summed E-state index contributed by atoms with van der Waals surface area (Å²) in [5.41, 5.74) is 0.510. The molecule has 0 aliphatic carbocycles. The van der Waals surface area contributed by atoms with Gasteiger partial charge in [0.25, 0.3) is 0 Å². The summed E-state index contributed by atoms with van der Waals surface area (Å²) < 4.78 is 26.0. The number of hydrogen-bond acceptors (Lipinski definition) is 4. The monoisotopic (exact) mass is 567 g/mol. The zero-order valence-corrected chi connectivity index (χ0v) is 22.8. The Morgan fingerprint density at radius 2 is 1.56 bits per heavy atom. The van der Waals surface area contributed by atoms with Crippen LogP contribution in [0.3, 0.4) is 0 Å². The molecule has 0 aromatic heterocycles. The maximum Gasteiger partial charge on any atom is 0.244 e. The molecule has 1 atom stereocenters. The Hall–Kier alpha value is -1.71. The largest absolute Gasteiger partial charge is 0.352 e. The van der Waals surface area contributed by atoms with Crippen LogP contribution in [0.2, 0.25) is 20.1 Å². The van der Waals surface area contributed by atoms with Gasteiger partial charge in [0.05, 0.1) is 17.0 Å². The minimum atomic E-state index is -3.93. The lowest BCUT2D eigenvalue weighted by Crippen LogP contribution is -2.52. The highest BCUT2D eigenvalue weighted by Gasteiger charge is 2.31. The Bertz CT molecular complexity index is 1150. The third kappa shape index (κ3) is 7.39. The van der Waals surface area contributed by atoms with E-state index in [0.29, 0.717) is 20.6 Å². The van der Waals surface area contributed by atoms with Gasteiger partial charge in [-0.3, -0.25) is 13.9 Å². The van der Waals surface area contributed by atoms with Crippen LogP contribution in [0.4, 0.5) is 5.69 Å². The van der Waals surface area contributed by atoms with Crippen molar-refractivity contribution in [2.24, 2.45) is 0 Å². The quantitative estimate of drug-likeness (QED) is 0.461. The molecule has 12 heteroatoms. The number of carbonyl (C=O) groups excluding carboxylic acids is 2. The van der Waals surface area contributed by atoms with Crippen LogP contribution in [-0.4, -0.2) is 50.0 Å². The third-order valence-corrected chi connectivity index (χ3v) is 7.22. The molecule has 2 rings (SSSR count). The number of anilines is 1. The van der Waals surface area contributed by atoms with Crippen LogP contribution in [0, 0.1) is 0 Å². The third-order valence-electron chi connectivity index (χ3n) is 4.85. The zero-order chi connectivity index (χ0) is 25.8. The van der Waals surface area contributed by atoms with Gasteiger partial charge in [0.2, 0.25) is 21.8 Å². The van der Waals surface area contributed by atoms with Crippen molar-refractivity contribution in [1.29, 1.82) is 0 Å². The topological polar surface area (TPSA) is 86.8 Å². The van der Waals surface area contributed by atoms with Crippen molar-refractivity contribution in [2.75, 3.05) is 17.1 Å². The molecular formula is C22H25Cl4N3O4S. The number of nitrogens with one attached hydrogen (secondary N) is 1. The Morgan fingerprint density at radius 1 is 0.971 bits per heavy atom. The number of benzene rings is 2. The summed E-state index contributed by atoms with van der Waals surface area (Å²) in [5, 5.41) is 3.73. The number of rotatable bonds is 9. The number of carbonyl (C=O) groups is 2. The lowest BCUT2D eigenvalue weighted by atomic mass is 10.1. The summed E-state index contributed by atoms with van der Waals surface area (Å²) >= 11 is 24.7. The minimum Gasteiger partial charge on any atom is -0.352 e. The Kier molecular flexibility index (Phi) is 9.91. The highest BCUT2D eigenvalue weighted by atomic mass is 35.5. The van der Waals surface area contributed by atoms with Crippen molar-refractivity contribution < 1.29 is 18.0 Å². The summed E-state index contributed by atoms with van der Waals surface area (Å²) in [6.07, 6.45) is 0.954. The van der Waals surface area contributed by atoms with E-state index in [2.05, 4.69) is 5.32 Å². The molecule has 2 amide bonds. The fourth-order valence-electron chi connectivity index (χ4n) is 3.12. The van der Waals surface area contributed by atoms with Gasteiger partial charge in [-0.15, -0.1) is 0 Å². The van der Waals surface area contributed by atoms with E-state index in [-0.39, 0.29) is 23.3 Å². The lowest BCUT2D eigenvalue weighted by molar-refractivity contribution is -0.139. The Balaban J connectivity index is 2.49. The van der Waals surface area contributed by atoms with Gasteiger partial charge in [-0.25, -0.2) is 8.42 Å². The molecule has 0 radical (unpaired) electrons. The van der Waals surface area contributed by atoms with Gasteiger partial charge in [0.15, 0.2) is 0 Å². The average molecular weight is 569 g/mol. The molecule has 7 nitrogen and oxygen atoms in total. The fraction of sp³-hybridized carbons (Fsp3) is 0.364. The maximum atomic E-state index is 13.5. The van der Waals surface area contributed by atoms with Crippen LogP contribution in [0.5, 0.6) is 0 Å². The molecule has 0 saturated heterocycles. The van der Waals surface area contributed by atoms with Crippen LogP contribution in [-0.2, 0) is 26.2 Å². The Labute approximate surface area is 220 Å². The van der Waals surface area contributed by atoms with Gasteiger partial charge >= 0.3 is 0 Å². The van der Waals surface area contributed by atoms with Crippen molar-refractivity contribution in [3.63, 3.8) is 0 Å². The molecule has 0 saturated carbocycles. The number of amides is 2. The Morgan fingerprint density at radius 3 is 2.06 bits per heavy atom. The van der Waals surface area contributed by atoms with Crippen molar-refractivity contribution >= 4 is 73.9 Å². The first-order valence-corrected chi connectivity index (χ1v) is 13.5. The molecule has 1 N–H and O–H groups in total. The predicted octanol–water partition coefficient (Wildman–Crippen LogP) is 5.01. The van der Waals surface area contributed by atoms with Crippen molar-refractivity contribution in [3.8, 4) is 0 Å². The lowest BCUT2D eigenvalue weighted by Gasteiger charge is -2.32. The first-order valence-electron chi connectivity index (χ1n) is 10.2. The molecule has 0 aliphatic heterocycles. The molecule has 0 aliphatic rings. The van der Waals surface area contributed by atoms with E-state index in [1.54, 1.807) is 39.0 Å². The molecule has 186 valence electrons. The van der Waals surface area contributed by atoms with Crippen molar-refractivity contribution in [3.05, 3.63) is 62.1 Å². The molecule has 0 fully saturated rings. The van der Waals surface area contributed by atoms with Gasteiger partial charge < -0.3 is 10.2 Å². The normalized spacial score (nSPS) is 12.4. The maximum absolute atomic E-state index is 13.5. The van der Waals surface area contributed by atoms with E-state index in [9.17, 15) is 18.0 Å². The highest BCUT2D eigenvalue weighted by Crippen LogP contribution is 2.31. The van der Waals surface area contributed by atoms with Crippen molar-refractivity contribution in [1.82, 2.24) is 10.2 Å². The molecule has 0 spiro atoms. The number of halogens is 4. The minimum absolute atomic E-state index is 0.0528. The van der Waals surface area contributed by atoms with Crippen LogP contribution in [0.15, 0.2) is 36.4 Å². The average Bonchev–Trinajstić information content (AvgIpc) is 2.70. The van der Waals surface area contributed by atoms with Crippen LogP contribution >= 0.6 is 46.4 Å². The van der Waals surface area contributed by atoms with E-state index in [1.807, 2.05) is 0 Å². The van der Waals surface area contributed by atoms with Crippen molar-refractivity contribution in [2.45, 2.75) is 39.4 Å². The first-order chi connectivity index (χ1) is 15.7. The summed E-state index contributed by atoms with van der Waals surface area (Å²) in [4.78, 5) is 27.5. The van der Waals surface area contributed by atoms with Gasteiger partial charge in [-0.05, 0) is 51.1 Å². The molecule has 0 heterocycles. The van der Waals surface area contributed by atoms with E-state index in [1.165, 1.54) is 23.1 Å². The van der Waals surface area contributed by atoms with E-state index >= 15 is 0 Å². The summed E-state index contributed by atoms with van der Waals surface area (Å²) in [7, 11) is -3.93. The van der Waals surface area contributed by atoms with Crippen LogP contribution in [0.25, 0.3) is 0 Å². The van der Waals surface area contributed by atoms with E-state index in [0.717, 1.165) is 10.6 Å². The molecular weight excluding hydrogens is 544 g/mol. The molecule has 2 aromatic carbocycles. The van der Waals surface area contributed by atoms with Gasteiger partial charge in [0, 0.05) is 33.2 Å². The van der Waals surface area contributed by atoms with Gasteiger partial charge in [-0.1, -0.05) is 52.5 Å². The smallest absolute Gasteiger partial charge is 0.244 e. The summed E-state index contributed by atoms with van der Waals surface area (Å²) in [5.74, 6) is -1.07. The van der Waals surface area contributed by atoms with E-state index in [4.69, 9.17) is 46.4 Å². The predicted molar refractivity (Wildman–Crippen MR) is 138 cm³/mol. The number of nitrogens with zero attached hydrogens (tertiary/aromatic N) is 2. The first kappa shape index (κ1) is 28.5. The van der Waals surface area contributed by atoms with Crippen LogP contribution in [0.1, 0.15) is 26.3 Å². The summed E-state index contributed by atoms with van der Waals surface area (Å²) in [6.45, 7) is 4.39. The second-order valence-corrected chi connectivity index (χ2v) is 11.5. The number of hydrogen-bond donors (Lipinski definition) is 1. The number of sulfonamides is 1. The van der Waals surface area contributed by atoms with Crippen LogP contribution < -0.4 is 9.62 Å². The SMILES string of the molecule is CC(C)NC(=O)[C@H](C)N(Cc1c(Cl)cccc1Cl)C(=O)CN(c1ccc(Cl)cc1Cl)S(C)(=O)=O. The second kappa shape index (κ2) is 11.8. The molecule has 0 unspecified atom stereocenters. The summed E-state index contributed by atoms with van der Waals surface area (Å²) in [6, 6.07) is 8.00. The molecule has 2 aromatic rings. The molecule has 0 bridgehead atoms. The zero-order valence-electron chi connectivity index (χ0n) is 19.0.